The van der Waals surface area contributed by atoms with Crippen molar-refractivity contribution in [1.29, 1.82) is 0 Å². The zero-order chi connectivity index (χ0) is 23.4. The average Bonchev–Trinajstić information content (AvgIpc) is 3.24. The maximum absolute atomic E-state index is 12.6. The highest BCUT2D eigenvalue weighted by atomic mass is 16.5. The second-order valence-electron chi connectivity index (χ2n) is 7.55. The van der Waals surface area contributed by atoms with Crippen LogP contribution >= 0.6 is 0 Å². The van der Waals surface area contributed by atoms with E-state index in [0.717, 1.165) is 16.7 Å². The van der Waals surface area contributed by atoms with Gasteiger partial charge in [-0.15, -0.1) is 0 Å². The van der Waals surface area contributed by atoms with Gasteiger partial charge in [0.1, 0.15) is 12.6 Å². The van der Waals surface area contributed by atoms with Crippen LogP contribution in [0.3, 0.4) is 0 Å². The number of carbonyl (C=O) groups is 2. The molecule has 0 aliphatic rings. The van der Waals surface area contributed by atoms with E-state index in [4.69, 9.17) is 15.0 Å². The van der Waals surface area contributed by atoms with Crippen LogP contribution in [0.5, 0.6) is 0 Å². The molecule has 0 bridgehead atoms. The molecule has 7 heteroatoms. The number of carboxylic acid groups (broad SMARTS) is 1. The summed E-state index contributed by atoms with van der Waals surface area (Å²) in [5.41, 5.74) is 10.6. The number of aryl methyl sites for hydroxylation is 1. The van der Waals surface area contributed by atoms with E-state index in [1.165, 1.54) is 0 Å². The number of esters is 1. The van der Waals surface area contributed by atoms with Gasteiger partial charge in [-0.05, 0) is 35.7 Å². The van der Waals surface area contributed by atoms with E-state index < -0.39 is 18.0 Å². The molecule has 0 radical (unpaired) electrons. The van der Waals surface area contributed by atoms with Crippen LogP contribution in [-0.2, 0) is 16.1 Å². The van der Waals surface area contributed by atoms with Crippen molar-refractivity contribution in [3.05, 3.63) is 101 Å². The Morgan fingerprint density at radius 2 is 1.67 bits per heavy atom. The molecule has 1 atom stereocenters. The highest BCUT2D eigenvalue weighted by Gasteiger charge is 2.27. The van der Waals surface area contributed by atoms with Crippen molar-refractivity contribution in [3.63, 3.8) is 0 Å². The molecule has 7 nitrogen and oxygen atoms in total. The minimum Gasteiger partial charge on any atom is -0.478 e. The Labute approximate surface area is 190 Å². The number of rotatable bonds is 7. The van der Waals surface area contributed by atoms with Crippen LogP contribution in [0.2, 0.25) is 0 Å². The molecule has 1 aromatic heterocycles. The molecule has 166 valence electrons. The molecule has 33 heavy (non-hydrogen) atoms. The molecule has 0 fully saturated rings. The largest absolute Gasteiger partial charge is 0.478 e. The number of aromatic nitrogens is 1. The van der Waals surface area contributed by atoms with E-state index in [0.29, 0.717) is 22.6 Å². The minimum atomic E-state index is -1.05. The fourth-order valence-corrected chi connectivity index (χ4v) is 3.53. The Morgan fingerprint density at radius 3 is 2.36 bits per heavy atom. The number of hydrogen-bond acceptors (Lipinski definition) is 6. The van der Waals surface area contributed by atoms with Gasteiger partial charge in [-0.1, -0.05) is 71.9 Å². The molecule has 0 spiro atoms. The molecule has 3 N–H and O–H groups in total. The lowest BCUT2D eigenvalue weighted by atomic mass is 9.98. The van der Waals surface area contributed by atoms with E-state index in [2.05, 4.69) is 5.16 Å². The smallest absolute Gasteiger partial charge is 0.335 e. The number of nitrogens with two attached hydrogens (primary N) is 1. The summed E-state index contributed by atoms with van der Waals surface area (Å²) in [6.07, 6.45) is 0. The third-order valence-corrected chi connectivity index (χ3v) is 5.29. The van der Waals surface area contributed by atoms with Gasteiger partial charge in [0, 0.05) is 5.56 Å². The van der Waals surface area contributed by atoms with Crippen molar-refractivity contribution in [1.82, 2.24) is 5.16 Å². The zero-order valence-electron chi connectivity index (χ0n) is 17.9. The van der Waals surface area contributed by atoms with Gasteiger partial charge in [-0.25, -0.2) is 9.59 Å². The van der Waals surface area contributed by atoms with E-state index >= 15 is 0 Å². The molecule has 0 amide bonds. The minimum absolute atomic E-state index is 0.122. The summed E-state index contributed by atoms with van der Waals surface area (Å²) in [5.74, 6) is -1.17. The maximum Gasteiger partial charge on any atom is 0.335 e. The van der Waals surface area contributed by atoms with Crippen LogP contribution in [0, 0.1) is 6.92 Å². The summed E-state index contributed by atoms with van der Waals surface area (Å²) >= 11 is 0. The number of nitrogens with zero attached hydrogens (tertiary/aromatic N) is 1. The van der Waals surface area contributed by atoms with Gasteiger partial charge in [0.2, 0.25) is 0 Å². The average molecular weight is 442 g/mol. The summed E-state index contributed by atoms with van der Waals surface area (Å²) in [6, 6.07) is 22.3. The second-order valence-corrected chi connectivity index (χ2v) is 7.55. The summed E-state index contributed by atoms with van der Waals surface area (Å²) in [6.45, 7) is 1.84. The van der Waals surface area contributed by atoms with Crippen molar-refractivity contribution >= 4 is 11.9 Å². The van der Waals surface area contributed by atoms with E-state index in [1.54, 1.807) is 25.1 Å². The molecule has 1 unspecified atom stereocenters. The lowest BCUT2D eigenvalue weighted by molar-refractivity contribution is -0.146. The number of hydrogen-bond donors (Lipinski definition) is 2. The lowest BCUT2D eigenvalue weighted by Gasteiger charge is -2.12. The maximum atomic E-state index is 12.6. The second kappa shape index (κ2) is 9.50. The molecule has 0 saturated heterocycles. The molecular weight excluding hydrogens is 420 g/mol. The van der Waals surface area contributed by atoms with Gasteiger partial charge >= 0.3 is 11.9 Å². The highest BCUT2D eigenvalue weighted by molar-refractivity contribution is 5.89. The quantitative estimate of drug-likeness (QED) is 0.397. The fourth-order valence-electron chi connectivity index (χ4n) is 3.53. The number of benzene rings is 3. The van der Waals surface area contributed by atoms with Crippen molar-refractivity contribution in [2.24, 2.45) is 5.73 Å². The predicted octanol–water partition coefficient (Wildman–Crippen LogP) is 4.76. The van der Waals surface area contributed by atoms with Crippen LogP contribution in [0.1, 0.15) is 33.2 Å². The number of ether oxygens (including phenoxy) is 1. The summed E-state index contributed by atoms with van der Waals surface area (Å²) in [4.78, 5) is 23.9. The third-order valence-electron chi connectivity index (χ3n) is 5.29. The topological polar surface area (TPSA) is 116 Å². The Hall–Kier alpha value is -4.23. The summed E-state index contributed by atoms with van der Waals surface area (Å²) < 4.78 is 10.9. The molecule has 0 aliphatic carbocycles. The molecular formula is C26H22N2O5. The summed E-state index contributed by atoms with van der Waals surface area (Å²) in [5, 5.41) is 13.2. The highest BCUT2D eigenvalue weighted by Crippen LogP contribution is 2.32. The van der Waals surface area contributed by atoms with Crippen molar-refractivity contribution in [3.8, 4) is 22.5 Å². The molecule has 3 aromatic carbocycles. The SMILES string of the molecule is Cc1noc(-c2ccc(-c3cccc(C(=O)O)c3)cc2)c1C(N)C(=O)OCc1ccccc1. The van der Waals surface area contributed by atoms with E-state index in [9.17, 15) is 14.7 Å². The monoisotopic (exact) mass is 442 g/mol. The van der Waals surface area contributed by atoms with Gasteiger partial charge < -0.3 is 20.1 Å². The molecule has 0 saturated carbocycles. The Balaban J connectivity index is 1.55. The van der Waals surface area contributed by atoms with Crippen LogP contribution in [0.25, 0.3) is 22.5 Å². The van der Waals surface area contributed by atoms with Crippen molar-refractivity contribution < 1.29 is 24.0 Å². The van der Waals surface area contributed by atoms with Gasteiger partial charge in [-0.2, -0.15) is 0 Å². The molecule has 0 aliphatic heterocycles. The standard InChI is InChI=1S/C26H22N2O5/c1-16-22(23(27)26(31)32-15-17-6-3-2-4-7-17)24(33-28-16)19-12-10-18(11-13-19)20-8-5-9-21(14-20)25(29)30/h2-14,23H,15,27H2,1H3,(H,29,30). The molecule has 4 aromatic rings. The molecule has 1 heterocycles. The number of carbonyl (C=O) groups excluding carboxylic acids is 1. The van der Waals surface area contributed by atoms with Crippen molar-refractivity contribution in [2.45, 2.75) is 19.6 Å². The summed E-state index contributed by atoms with van der Waals surface area (Å²) in [7, 11) is 0. The van der Waals surface area contributed by atoms with Gasteiger partial charge in [0.25, 0.3) is 0 Å². The van der Waals surface area contributed by atoms with Crippen LogP contribution < -0.4 is 5.73 Å². The van der Waals surface area contributed by atoms with Crippen LogP contribution in [-0.4, -0.2) is 22.2 Å². The fraction of sp³-hybridized carbons (Fsp3) is 0.115. The van der Waals surface area contributed by atoms with Crippen LogP contribution in [0.4, 0.5) is 0 Å². The van der Waals surface area contributed by atoms with E-state index in [-0.39, 0.29) is 12.2 Å². The van der Waals surface area contributed by atoms with E-state index in [1.807, 2.05) is 60.7 Å². The van der Waals surface area contributed by atoms with Gasteiger partial charge in [0.05, 0.1) is 16.8 Å². The normalized spacial score (nSPS) is 11.7. The Morgan fingerprint density at radius 1 is 0.970 bits per heavy atom. The zero-order valence-corrected chi connectivity index (χ0v) is 17.9. The number of aromatic carboxylic acids is 1. The first-order valence-corrected chi connectivity index (χ1v) is 10.3. The first kappa shape index (κ1) is 22.0. The van der Waals surface area contributed by atoms with Gasteiger partial charge in [-0.3, -0.25) is 0 Å². The molecule has 4 rings (SSSR count). The Kier molecular flexibility index (Phi) is 6.33. The number of carboxylic acids is 1. The Bertz CT molecular complexity index is 1280. The first-order valence-electron chi connectivity index (χ1n) is 10.3. The first-order chi connectivity index (χ1) is 15.9. The van der Waals surface area contributed by atoms with Crippen molar-refractivity contribution in [2.75, 3.05) is 0 Å². The lowest BCUT2D eigenvalue weighted by Crippen LogP contribution is -2.24. The van der Waals surface area contributed by atoms with Crippen LogP contribution in [0.15, 0.2) is 83.4 Å². The predicted molar refractivity (Wildman–Crippen MR) is 122 cm³/mol. The third kappa shape index (κ3) is 4.83. The van der Waals surface area contributed by atoms with Gasteiger partial charge in [0.15, 0.2) is 5.76 Å².